The molecule has 0 N–H and O–H groups in total. The van der Waals surface area contributed by atoms with Crippen molar-refractivity contribution in [2.45, 2.75) is 6.92 Å². The first-order valence-electron chi connectivity index (χ1n) is 3.55. The lowest BCUT2D eigenvalue weighted by Gasteiger charge is -2.02. The highest BCUT2D eigenvalue weighted by atomic mass is 16.5. The zero-order valence-electron chi connectivity index (χ0n) is 7.03. The molecule has 1 rings (SSSR count). The molecule has 0 unspecified atom stereocenters. The van der Waals surface area contributed by atoms with Crippen molar-refractivity contribution in [1.82, 2.24) is 0 Å². The quantitative estimate of drug-likeness (QED) is 0.494. The van der Waals surface area contributed by atoms with Gasteiger partial charge < -0.3 is 9.47 Å². The molecule has 0 amide bonds. The van der Waals surface area contributed by atoms with Crippen LogP contribution >= 0.6 is 0 Å². The number of hydrogen-bond donors (Lipinski definition) is 0. The molecule has 0 fully saturated rings. The van der Waals surface area contributed by atoms with Crippen molar-refractivity contribution in [1.29, 1.82) is 0 Å². The fourth-order valence-electron chi connectivity index (χ4n) is 0.831. The van der Waals surface area contributed by atoms with Crippen LogP contribution in [0.1, 0.15) is 6.92 Å². The van der Waals surface area contributed by atoms with Gasteiger partial charge in [-0.1, -0.05) is 6.07 Å². The molecule has 1 aromatic carbocycles. The Bertz CT molecular complexity index is 281. The van der Waals surface area contributed by atoms with Gasteiger partial charge in [0, 0.05) is 13.0 Å². The van der Waals surface area contributed by atoms with Gasteiger partial charge in [-0.25, -0.2) is 0 Å². The summed E-state index contributed by atoms with van der Waals surface area (Å²) in [5.74, 6) is 0.846. The zero-order chi connectivity index (χ0) is 8.97. The number of esters is 1. The van der Waals surface area contributed by atoms with E-state index >= 15 is 0 Å². The third-order valence-electron chi connectivity index (χ3n) is 1.30. The Hall–Kier alpha value is -1.51. The number of ether oxygens (including phenoxy) is 2. The molecule has 1 aromatic rings. The van der Waals surface area contributed by atoms with Crippen molar-refractivity contribution in [3.8, 4) is 11.5 Å². The van der Waals surface area contributed by atoms with Crippen LogP contribution in [-0.4, -0.2) is 13.1 Å². The lowest BCUT2D eigenvalue weighted by Crippen LogP contribution is -2.01. The van der Waals surface area contributed by atoms with Crippen LogP contribution in [-0.2, 0) is 4.79 Å². The van der Waals surface area contributed by atoms with Crippen LogP contribution in [0.25, 0.3) is 0 Å². The van der Waals surface area contributed by atoms with Crippen LogP contribution in [0.15, 0.2) is 24.3 Å². The molecule has 3 nitrogen and oxygen atoms in total. The second-order valence-corrected chi connectivity index (χ2v) is 2.27. The number of benzene rings is 1. The second kappa shape index (κ2) is 3.76. The van der Waals surface area contributed by atoms with Gasteiger partial charge in [-0.3, -0.25) is 4.79 Å². The van der Waals surface area contributed by atoms with Crippen molar-refractivity contribution in [3.63, 3.8) is 0 Å². The molecule has 3 heteroatoms. The van der Waals surface area contributed by atoms with Gasteiger partial charge >= 0.3 is 5.97 Å². The van der Waals surface area contributed by atoms with Crippen molar-refractivity contribution in [2.24, 2.45) is 0 Å². The van der Waals surface area contributed by atoms with Gasteiger partial charge in [-0.05, 0) is 12.1 Å². The van der Waals surface area contributed by atoms with E-state index in [9.17, 15) is 4.79 Å². The van der Waals surface area contributed by atoms with Crippen molar-refractivity contribution < 1.29 is 14.3 Å². The average Bonchev–Trinajstić information content (AvgIpc) is 2.03. The molecule has 0 aliphatic carbocycles. The first-order valence-corrected chi connectivity index (χ1v) is 3.55. The van der Waals surface area contributed by atoms with Crippen LogP contribution in [0.5, 0.6) is 11.5 Å². The monoisotopic (exact) mass is 166 g/mol. The maximum Gasteiger partial charge on any atom is 0.308 e. The fraction of sp³-hybridized carbons (Fsp3) is 0.222. The van der Waals surface area contributed by atoms with Crippen LogP contribution < -0.4 is 9.47 Å². The summed E-state index contributed by atoms with van der Waals surface area (Å²) in [7, 11) is 1.56. The third-order valence-corrected chi connectivity index (χ3v) is 1.30. The molecule has 0 saturated carbocycles. The number of methoxy groups -OCH3 is 1. The predicted octanol–water partition coefficient (Wildman–Crippen LogP) is 1.62. The van der Waals surface area contributed by atoms with E-state index in [1.807, 2.05) is 0 Å². The minimum Gasteiger partial charge on any atom is -0.497 e. The van der Waals surface area contributed by atoms with E-state index < -0.39 is 0 Å². The van der Waals surface area contributed by atoms with E-state index in [0.29, 0.717) is 11.5 Å². The number of rotatable bonds is 2. The van der Waals surface area contributed by atoms with Gasteiger partial charge in [-0.15, -0.1) is 0 Å². The average molecular weight is 166 g/mol. The molecule has 0 aromatic heterocycles. The largest absolute Gasteiger partial charge is 0.497 e. The molecular weight excluding hydrogens is 156 g/mol. The van der Waals surface area contributed by atoms with E-state index in [0.717, 1.165) is 0 Å². The Morgan fingerprint density at radius 2 is 2.00 bits per heavy atom. The normalized spacial score (nSPS) is 9.17. The molecule has 0 spiro atoms. The SMILES string of the molecule is COc1cccc(OC(C)=O)c1. The Labute approximate surface area is 70.9 Å². The summed E-state index contributed by atoms with van der Waals surface area (Å²) in [6.07, 6.45) is 0. The second-order valence-electron chi connectivity index (χ2n) is 2.27. The van der Waals surface area contributed by atoms with Crippen molar-refractivity contribution in [3.05, 3.63) is 24.3 Å². The number of carbonyl (C=O) groups excluding carboxylic acids is 1. The summed E-state index contributed by atoms with van der Waals surface area (Å²) < 4.78 is 9.78. The molecule has 0 radical (unpaired) electrons. The minimum absolute atomic E-state index is 0.330. The first kappa shape index (κ1) is 8.59. The van der Waals surface area contributed by atoms with Gasteiger partial charge in [0.05, 0.1) is 7.11 Å². The smallest absolute Gasteiger partial charge is 0.308 e. The van der Waals surface area contributed by atoms with Crippen LogP contribution in [0.3, 0.4) is 0 Å². The van der Waals surface area contributed by atoms with Crippen molar-refractivity contribution in [2.75, 3.05) is 7.11 Å². The van der Waals surface area contributed by atoms with Crippen molar-refractivity contribution >= 4 is 5.97 Å². The predicted molar refractivity (Wildman–Crippen MR) is 44.3 cm³/mol. The highest BCUT2D eigenvalue weighted by molar-refractivity contribution is 5.69. The molecule has 12 heavy (non-hydrogen) atoms. The van der Waals surface area contributed by atoms with E-state index in [4.69, 9.17) is 9.47 Å². The molecule has 0 saturated heterocycles. The van der Waals surface area contributed by atoms with E-state index in [2.05, 4.69) is 0 Å². The van der Waals surface area contributed by atoms with E-state index in [-0.39, 0.29) is 5.97 Å². The van der Waals surface area contributed by atoms with Gasteiger partial charge in [0.15, 0.2) is 0 Å². The van der Waals surface area contributed by atoms with E-state index in [1.165, 1.54) is 6.92 Å². The van der Waals surface area contributed by atoms with Gasteiger partial charge in [-0.2, -0.15) is 0 Å². The van der Waals surface area contributed by atoms with E-state index in [1.54, 1.807) is 31.4 Å². The summed E-state index contributed by atoms with van der Waals surface area (Å²) in [6, 6.07) is 6.90. The number of carbonyl (C=O) groups is 1. The van der Waals surface area contributed by atoms with Crippen LogP contribution in [0, 0.1) is 0 Å². The Morgan fingerprint density at radius 1 is 1.33 bits per heavy atom. The zero-order valence-corrected chi connectivity index (χ0v) is 7.03. The summed E-state index contributed by atoms with van der Waals surface area (Å²) in [6.45, 7) is 1.36. The maximum atomic E-state index is 10.5. The molecular formula is C9H10O3. The standard InChI is InChI=1S/C9H10O3/c1-7(10)12-9-5-3-4-8(6-9)11-2/h3-6H,1-2H3. The van der Waals surface area contributed by atoms with Gasteiger partial charge in [0.1, 0.15) is 11.5 Å². The molecule has 0 heterocycles. The number of hydrogen-bond acceptors (Lipinski definition) is 3. The lowest BCUT2D eigenvalue weighted by molar-refractivity contribution is -0.131. The van der Waals surface area contributed by atoms with Gasteiger partial charge in [0.2, 0.25) is 0 Å². The molecule has 64 valence electrons. The van der Waals surface area contributed by atoms with Crippen LogP contribution in [0.4, 0.5) is 0 Å². The summed E-state index contributed by atoms with van der Waals surface area (Å²) in [4.78, 5) is 10.5. The molecule has 0 bridgehead atoms. The topological polar surface area (TPSA) is 35.5 Å². The maximum absolute atomic E-state index is 10.5. The Kier molecular flexibility index (Phi) is 2.69. The summed E-state index contributed by atoms with van der Waals surface area (Å²) >= 11 is 0. The highest BCUT2D eigenvalue weighted by Gasteiger charge is 1.98. The first-order chi connectivity index (χ1) is 5.72. The minimum atomic E-state index is -0.330. The molecule has 0 aliphatic heterocycles. The third kappa shape index (κ3) is 2.27. The molecule has 0 aliphatic rings. The van der Waals surface area contributed by atoms with Gasteiger partial charge in [0.25, 0.3) is 0 Å². The lowest BCUT2D eigenvalue weighted by atomic mass is 10.3. The summed E-state index contributed by atoms with van der Waals surface area (Å²) in [5.41, 5.74) is 0. The Balaban J connectivity index is 2.79. The fourth-order valence-corrected chi connectivity index (χ4v) is 0.831. The summed E-state index contributed by atoms with van der Waals surface area (Å²) in [5, 5.41) is 0. The Morgan fingerprint density at radius 3 is 2.58 bits per heavy atom. The van der Waals surface area contributed by atoms with Crippen LogP contribution in [0.2, 0.25) is 0 Å². The molecule has 0 atom stereocenters. The highest BCUT2D eigenvalue weighted by Crippen LogP contribution is 2.18.